The molecule has 1 fully saturated rings. The Kier molecular flexibility index (Phi) is 6.56. The summed E-state index contributed by atoms with van der Waals surface area (Å²) in [5.74, 6) is 1.64. The molecule has 1 aliphatic heterocycles. The highest BCUT2D eigenvalue weighted by Gasteiger charge is 2.19. The predicted octanol–water partition coefficient (Wildman–Crippen LogP) is 3.89. The third-order valence-electron chi connectivity index (χ3n) is 4.27. The topological polar surface area (TPSA) is 24.9 Å². The molecule has 0 spiro atoms. The number of rotatable bonds is 8. The first-order valence-corrected chi connectivity index (χ1v) is 9.16. The van der Waals surface area contributed by atoms with Crippen LogP contribution in [0.5, 0.6) is 11.5 Å². The molecule has 4 nitrogen and oxygen atoms in total. The smallest absolute Gasteiger partial charge is 0.161 e. The summed E-state index contributed by atoms with van der Waals surface area (Å²) in [7, 11) is 0. The molecule has 0 aromatic heterocycles. The maximum absolute atomic E-state index is 5.95. The van der Waals surface area contributed by atoms with Crippen LogP contribution in [0.4, 0.5) is 0 Å². The van der Waals surface area contributed by atoms with Crippen molar-refractivity contribution in [3.05, 3.63) is 59.1 Å². The van der Waals surface area contributed by atoms with Gasteiger partial charge < -0.3 is 9.47 Å². The second-order valence-corrected chi connectivity index (χ2v) is 6.60. The van der Waals surface area contributed by atoms with Crippen LogP contribution in [0.2, 0.25) is 5.02 Å². The lowest BCUT2D eigenvalue weighted by molar-refractivity contribution is 0.196. The SMILES string of the molecule is CCOc1ccccc1OCCN1CCN(Cc2ccc(Cl)cc2)C1. The van der Waals surface area contributed by atoms with Gasteiger partial charge in [0.25, 0.3) is 0 Å². The first-order valence-electron chi connectivity index (χ1n) is 8.78. The first kappa shape index (κ1) is 18.1. The monoisotopic (exact) mass is 360 g/mol. The summed E-state index contributed by atoms with van der Waals surface area (Å²) in [6.45, 7) is 8.29. The molecule has 1 aliphatic rings. The Labute approximate surface area is 154 Å². The van der Waals surface area contributed by atoms with Crippen LogP contribution in [0.3, 0.4) is 0 Å². The Hall–Kier alpha value is -1.75. The van der Waals surface area contributed by atoms with E-state index in [2.05, 4.69) is 21.9 Å². The average molecular weight is 361 g/mol. The number of hydrogen-bond donors (Lipinski definition) is 0. The number of hydrogen-bond acceptors (Lipinski definition) is 4. The minimum atomic E-state index is 0.645. The summed E-state index contributed by atoms with van der Waals surface area (Å²) in [5, 5.41) is 0.788. The average Bonchev–Trinajstić information content (AvgIpc) is 3.06. The molecule has 2 aromatic rings. The number of ether oxygens (including phenoxy) is 2. The van der Waals surface area contributed by atoms with Crippen molar-refractivity contribution in [3.8, 4) is 11.5 Å². The van der Waals surface area contributed by atoms with E-state index in [0.29, 0.717) is 13.2 Å². The fourth-order valence-electron chi connectivity index (χ4n) is 3.00. The van der Waals surface area contributed by atoms with Crippen molar-refractivity contribution in [2.75, 3.05) is 39.5 Å². The van der Waals surface area contributed by atoms with E-state index < -0.39 is 0 Å². The van der Waals surface area contributed by atoms with Gasteiger partial charge in [0.1, 0.15) is 6.61 Å². The van der Waals surface area contributed by atoms with Crippen molar-refractivity contribution in [1.82, 2.24) is 9.80 Å². The number of halogens is 1. The van der Waals surface area contributed by atoms with Crippen LogP contribution in [0.25, 0.3) is 0 Å². The Balaban J connectivity index is 1.42. The maximum atomic E-state index is 5.95. The molecule has 1 saturated heterocycles. The second kappa shape index (κ2) is 9.09. The lowest BCUT2D eigenvalue weighted by Gasteiger charge is -2.19. The van der Waals surface area contributed by atoms with Crippen LogP contribution in [-0.2, 0) is 6.54 Å². The Bertz CT molecular complexity index is 663. The molecule has 5 heteroatoms. The van der Waals surface area contributed by atoms with Gasteiger partial charge in [0.15, 0.2) is 11.5 Å². The van der Waals surface area contributed by atoms with E-state index in [0.717, 1.165) is 49.4 Å². The quantitative estimate of drug-likeness (QED) is 0.713. The van der Waals surface area contributed by atoms with E-state index in [-0.39, 0.29) is 0 Å². The summed E-state index contributed by atoms with van der Waals surface area (Å²) in [4.78, 5) is 4.86. The van der Waals surface area contributed by atoms with Gasteiger partial charge in [-0.15, -0.1) is 0 Å². The molecule has 0 radical (unpaired) electrons. The summed E-state index contributed by atoms with van der Waals surface area (Å²) in [5.41, 5.74) is 1.30. The summed E-state index contributed by atoms with van der Waals surface area (Å²) < 4.78 is 11.5. The van der Waals surface area contributed by atoms with Crippen molar-refractivity contribution in [1.29, 1.82) is 0 Å². The predicted molar refractivity (Wildman–Crippen MR) is 101 cm³/mol. The summed E-state index contributed by atoms with van der Waals surface area (Å²) >= 11 is 5.95. The van der Waals surface area contributed by atoms with Gasteiger partial charge in [0, 0.05) is 31.2 Å². The van der Waals surface area contributed by atoms with E-state index in [1.165, 1.54) is 5.56 Å². The molecule has 2 aromatic carbocycles. The van der Waals surface area contributed by atoms with Gasteiger partial charge in [-0.05, 0) is 36.8 Å². The number of nitrogens with zero attached hydrogens (tertiary/aromatic N) is 2. The fraction of sp³-hybridized carbons (Fsp3) is 0.400. The van der Waals surface area contributed by atoms with Gasteiger partial charge in [0.05, 0.1) is 13.3 Å². The molecular weight excluding hydrogens is 336 g/mol. The molecule has 0 saturated carbocycles. The maximum Gasteiger partial charge on any atom is 0.161 e. The zero-order valence-corrected chi connectivity index (χ0v) is 15.4. The molecule has 134 valence electrons. The van der Waals surface area contributed by atoms with Gasteiger partial charge in [-0.3, -0.25) is 9.80 Å². The lowest BCUT2D eigenvalue weighted by atomic mass is 10.2. The van der Waals surface area contributed by atoms with Crippen LogP contribution in [0.1, 0.15) is 12.5 Å². The molecular formula is C20H25ClN2O2. The second-order valence-electron chi connectivity index (χ2n) is 6.17. The Morgan fingerprint density at radius 3 is 2.32 bits per heavy atom. The molecule has 0 amide bonds. The largest absolute Gasteiger partial charge is 0.490 e. The van der Waals surface area contributed by atoms with Crippen molar-refractivity contribution in [3.63, 3.8) is 0 Å². The van der Waals surface area contributed by atoms with E-state index in [9.17, 15) is 0 Å². The van der Waals surface area contributed by atoms with Gasteiger partial charge in [-0.2, -0.15) is 0 Å². The Morgan fingerprint density at radius 2 is 1.60 bits per heavy atom. The van der Waals surface area contributed by atoms with E-state index >= 15 is 0 Å². The van der Waals surface area contributed by atoms with Crippen LogP contribution in [0, 0.1) is 0 Å². The van der Waals surface area contributed by atoms with Crippen molar-refractivity contribution >= 4 is 11.6 Å². The normalized spacial score (nSPS) is 15.4. The van der Waals surface area contributed by atoms with Gasteiger partial charge in [-0.25, -0.2) is 0 Å². The molecule has 0 aliphatic carbocycles. The fourth-order valence-corrected chi connectivity index (χ4v) is 3.12. The van der Waals surface area contributed by atoms with Crippen LogP contribution < -0.4 is 9.47 Å². The Morgan fingerprint density at radius 1 is 0.920 bits per heavy atom. The van der Waals surface area contributed by atoms with E-state index in [1.54, 1.807) is 0 Å². The van der Waals surface area contributed by atoms with Gasteiger partial charge in [0.2, 0.25) is 0 Å². The molecule has 25 heavy (non-hydrogen) atoms. The van der Waals surface area contributed by atoms with Crippen LogP contribution in [-0.4, -0.2) is 49.3 Å². The third kappa shape index (κ3) is 5.36. The lowest BCUT2D eigenvalue weighted by Crippen LogP contribution is -2.29. The zero-order chi connectivity index (χ0) is 17.5. The first-order chi connectivity index (χ1) is 12.2. The molecule has 0 atom stereocenters. The highest BCUT2D eigenvalue weighted by atomic mass is 35.5. The van der Waals surface area contributed by atoms with Gasteiger partial charge in [-0.1, -0.05) is 35.9 Å². The van der Waals surface area contributed by atoms with Crippen LogP contribution >= 0.6 is 11.6 Å². The molecule has 0 unspecified atom stereocenters. The van der Waals surface area contributed by atoms with Crippen molar-refractivity contribution in [2.45, 2.75) is 13.5 Å². The zero-order valence-electron chi connectivity index (χ0n) is 14.7. The number of para-hydroxylation sites is 2. The minimum Gasteiger partial charge on any atom is -0.490 e. The standard InChI is InChI=1S/C20H25ClN2O2/c1-2-24-19-5-3-4-6-20(19)25-14-13-22-11-12-23(16-22)15-17-7-9-18(21)10-8-17/h3-10H,2,11-16H2,1H3. The summed E-state index contributed by atoms with van der Waals surface area (Å²) in [6, 6.07) is 15.9. The molecule has 0 N–H and O–H groups in total. The third-order valence-corrected chi connectivity index (χ3v) is 4.52. The minimum absolute atomic E-state index is 0.645. The number of benzene rings is 2. The van der Waals surface area contributed by atoms with Gasteiger partial charge >= 0.3 is 0 Å². The van der Waals surface area contributed by atoms with E-state index in [4.69, 9.17) is 21.1 Å². The van der Waals surface area contributed by atoms with Crippen molar-refractivity contribution in [2.24, 2.45) is 0 Å². The highest BCUT2D eigenvalue weighted by molar-refractivity contribution is 6.30. The molecule has 0 bridgehead atoms. The van der Waals surface area contributed by atoms with Crippen molar-refractivity contribution < 1.29 is 9.47 Å². The highest BCUT2D eigenvalue weighted by Crippen LogP contribution is 2.26. The molecule has 1 heterocycles. The van der Waals surface area contributed by atoms with Crippen LogP contribution in [0.15, 0.2) is 48.5 Å². The molecule has 3 rings (SSSR count). The summed E-state index contributed by atoms with van der Waals surface area (Å²) in [6.07, 6.45) is 0. The van der Waals surface area contributed by atoms with E-state index in [1.807, 2.05) is 43.3 Å².